The van der Waals surface area contributed by atoms with Crippen molar-refractivity contribution in [3.63, 3.8) is 0 Å². The fourth-order valence-corrected chi connectivity index (χ4v) is 5.27. The van der Waals surface area contributed by atoms with Crippen LogP contribution < -0.4 is 5.32 Å². The molecular weight excluding hydrogens is 278 g/mol. The van der Waals surface area contributed by atoms with E-state index in [-0.39, 0.29) is 0 Å². The van der Waals surface area contributed by atoms with Gasteiger partial charge in [-0.3, -0.25) is 4.21 Å². The van der Waals surface area contributed by atoms with Crippen LogP contribution in [0.15, 0.2) is 0 Å². The summed E-state index contributed by atoms with van der Waals surface area (Å²) in [5.74, 6) is 0. The Morgan fingerprint density at radius 3 is 2.00 bits per heavy atom. The molecule has 0 spiro atoms. The molecule has 0 aromatic carbocycles. The van der Waals surface area contributed by atoms with Crippen LogP contribution in [-0.4, -0.2) is 27.3 Å². The number of hydrogen-bond acceptors (Lipinski definition) is 2. The lowest BCUT2D eigenvalue weighted by Gasteiger charge is -2.30. The van der Waals surface area contributed by atoms with E-state index in [2.05, 4.69) is 26.1 Å². The quantitative estimate of drug-likeness (QED) is 0.790. The Hall–Kier alpha value is 0.110. The number of hydrogen-bond donors (Lipinski definition) is 1. The maximum atomic E-state index is 12.9. The Bertz CT molecular complexity index is 282. The zero-order chi connectivity index (χ0) is 15.5. The van der Waals surface area contributed by atoms with Crippen LogP contribution in [0.1, 0.15) is 91.4 Å². The summed E-state index contributed by atoms with van der Waals surface area (Å²) in [6.07, 6.45) is 14.2. The predicted molar refractivity (Wildman–Crippen MR) is 95.3 cm³/mol. The summed E-state index contributed by atoms with van der Waals surface area (Å²) in [4.78, 5) is 0. The van der Waals surface area contributed by atoms with E-state index in [0.717, 1.165) is 19.4 Å². The Kier molecular flexibility index (Phi) is 10.6. The molecule has 0 aliphatic heterocycles. The van der Waals surface area contributed by atoms with Gasteiger partial charge in [-0.15, -0.1) is 0 Å². The zero-order valence-corrected chi connectivity index (χ0v) is 15.4. The van der Waals surface area contributed by atoms with Gasteiger partial charge in [0.05, 0.1) is 5.25 Å². The average molecular weight is 316 g/mol. The molecule has 1 N–H and O–H groups in total. The highest BCUT2D eigenvalue weighted by Gasteiger charge is 2.28. The molecule has 126 valence electrons. The lowest BCUT2D eigenvalue weighted by molar-refractivity contribution is 0.413. The van der Waals surface area contributed by atoms with E-state index in [1.54, 1.807) is 0 Å². The molecule has 0 heterocycles. The summed E-state index contributed by atoms with van der Waals surface area (Å²) in [6, 6.07) is 0.462. The maximum absolute atomic E-state index is 12.9. The maximum Gasteiger partial charge on any atom is 0.0503 e. The van der Waals surface area contributed by atoms with Gasteiger partial charge < -0.3 is 5.32 Å². The molecule has 0 bridgehead atoms. The third-order valence-electron chi connectivity index (χ3n) is 4.94. The average Bonchev–Trinajstić information content (AvgIpc) is 2.48. The molecule has 0 aromatic heterocycles. The lowest BCUT2D eigenvalue weighted by atomic mass is 9.97. The molecule has 4 atom stereocenters. The SMILES string of the molecule is CCNC1CCCCCCCCCCC1S(=O)C(C)CC. The van der Waals surface area contributed by atoms with Crippen molar-refractivity contribution in [2.24, 2.45) is 0 Å². The van der Waals surface area contributed by atoms with E-state index in [1.807, 2.05) is 0 Å². The van der Waals surface area contributed by atoms with Crippen LogP contribution in [-0.2, 0) is 10.8 Å². The highest BCUT2D eigenvalue weighted by Crippen LogP contribution is 2.23. The number of rotatable bonds is 5. The highest BCUT2D eigenvalue weighted by atomic mass is 32.2. The van der Waals surface area contributed by atoms with Crippen LogP contribution >= 0.6 is 0 Å². The fourth-order valence-electron chi connectivity index (χ4n) is 3.39. The van der Waals surface area contributed by atoms with Gasteiger partial charge in [-0.1, -0.05) is 72.1 Å². The summed E-state index contributed by atoms with van der Waals surface area (Å²) in [6.45, 7) is 7.51. The minimum Gasteiger partial charge on any atom is -0.313 e. The monoisotopic (exact) mass is 315 g/mol. The summed E-state index contributed by atoms with van der Waals surface area (Å²) >= 11 is 0. The molecule has 0 radical (unpaired) electrons. The van der Waals surface area contributed by atoms with Gasteiger partial charge in [-0.25, -0.2) is 0 Å². The van der Waals surface area contributed by atoms with Crippen molar-refractivity contribution in [3.8, 4) is 0 Å². The van der Waals surface area contributed by atoms with Crippen molar-refractivity contribution < 1.29 is 4.21 Å². The van der Waals surface area contributed by atoms with Gasteiger partial charge in [0.15, 0.2) is 0 Å². The van der Waals surface area contributed by atoms with Crippen molar-refractivity contribution in [1.29, 1.82) is 0 Å². The van der Waals surface area contributed by atoms with Gasteiger partial charge in [-0.05, 0) is 25.8 Å². The third-order valence-corrected chi connectivity index (χ3v) is 7.23. The molecule has 0 saturated heterocycles. The third kappa shape index (κ3) is 7.27. The van der Waals surface area contributed by atoms with Crippen molar-refractivity contribution in [1.82, 2.24) is 5.32 Å². The first-order valence-electron chi connectivity index (χ1n) is 9.33. The molecule has 3 heteroatoms. The molecular formula is C18H37NOS. The first-order valence-corrected chi connectivity index (χ1v) is 10.6. The van der Waals surface area contributed by atoms with Crippen molar-refractivity contribution >= 4 is 10.8 Å². The summed E-state index contributed by atoms with van der Waals surface area (Å²) in [5, 5.41) is 4.35. The van der Waals surface area contributed by atoms with Gasteiger partial charge >= 0.3 is 0 Å². The lowest BCUT2D eigenvalue weighted by Crippen LogP contribution is -2.44. The Labute approximate surface area is 135 Å². The normalized spacial score (nSPS) is 29.1. The largest absolute Gasteiger partial charge is 0.313 e. The van der Waals surface area contributed by atoms with Crippen LogP contribution in [0.5, 0.6) is 0 Å². The molecule has 4 unspecified atom stereocenters. The van der Waals surface area contributed by atoms with Crippen molar-refractivity contribution in [2.75, 3.05) is 6.54 Å². The van der Waals surface area contributed by atoms with Gasteiger partial charge in [-0.2, -0.15) is 0 Å². The predicted octanol–water partition coefficient (Wildman–Crippen LogP) is 4.79. The molecule has 0 aromatic rings. The van der Waals surface area contributed by atoms with E-state index < -0.39 is 10.8 Å². The summed E-state index contributed by atoms with van der Waals surface area (Å²) in [7, 11) is -0.688. The summed E-state index contributed by atoms with van der Waals surface area (Å²) < 4.78 is 12.9. The van der Waals surface area contributed by atoms with Gasteiger partial charge in [0, 0.05) is 22.1 Å². The minimum absolute atomic E-state index is 0.337. The molecule has 2 nitrogen and oxygen atoms in total. The standard InChI is InChI=1S/C18H37NOS/c1-4-16(3)21(20)18-15-13-11-9-7-6-8-10-12-14-17(18)19-5-2/h16-19H,4-15H2,1-3H3. The minimum atomic E-state index is -0.688. The molecule has 1 saturated carbocycles. The van der Waals surface area contributed by atoms with Crippen molar-refractivity contribution in [3.05, 3.63) is 0 Å². The Morgan fingerprint density at radius 2 is 1.48 bits per heavy atom. The number of nitrogens with one attached hydrogen (secondary N) is 1. The van der Waals surface area contributed by atoms with Gasteiger partial charge in [0.2, 0.25) is 0 Å². The second-order valence-electron chi connectivity index (χ2n) is 6.66. The van der Waals surface area contributed by atoms with E-state index >= 15 is 0 Å². The Balaban J connectivity index is 2.72. The van der Waals surface area contributed by atoms with E-state index in [0.29, 0.717) is 16.5 Å². The van der Waals surface area contributed by atoms with Gasteiger partial charge in [0.1, 0.15) is 0 Å². The summed E-state index contributed by atoms with van der Waals surface area (Å²) in [5.41, 5.74) is 0. The van der Waals surface area contributed by atoms with Crippen LogP contribution in [0.25, 0.3) is 0 Å². The van der Waals surface area contributed by atoms with Gasteiger partial charge in [0.25, 0.3) is 0 Å². The molecule has 1 aliphatic rings. The molecule has 1 rings (SSSR count). The second-order valence-corrected chi connectivity index (χ2v) is 8.72. The molecule has 1 aliphatic carbocycles. The molecule has 21 heavy (non-hydrogen) atoms. The topological polar surface area (TPSA) is 29.1 Å². The first kappa shape index (κ1) is 19.2. The highest BCUT2D eigenvalue weighted by molar-refractivity contribution is 7.86. The van der Waals surface area contributed by atoms with E-state index in [9.17, 15) is 4.21 Å². The van der Waals surface area contributed by atoms with Crippen LogP contribution in [0.2, 0.25) is 0 Å². The van der Waals surface area contributed by atoms with Crippen LogP contribution in [0.4, 0.5) is 0 Å². The second kappa shape index (κ2) is 11.6. The molecule has 0 amide bonds. The fraction of sp³-hybridized carbons (Fsp3) is 1.00. The van der Waals surface area contributed by atoms with E-state index in [4.69, 9.17) is 0 Å². The van der Waals surface area contributed by atoms with Crippen LogP contribution in [0.3, 0.4) is 0 Å². The Morgan fingerprint density at radius 1 is 0.952 bits per heavy atom. The first-order chi connectivity index (χ1) is 10.2. The van der Waals surface area contributed by atoms with E-state index in [1.165, 1.54) is 57.8 Å². The van der Waals surface area contributed by atoms with Crippen molar-refractivity contribution in [2.45, 2.75) is 108 Å². The zero-order valence-electron chi connectivity index (χ0n) is 14.5. The molecule has 1 fully saturated rings. The van der Waals surface area contributed by atoms with Crippen LogP contribution in [0, 0.1) is 0 Å². The smallest absolute Gasteiger partial charge is 0.0503 e.